The van der Waals surface area contributed by atoms with Gasteiger partial charge in [-0.25, -0.2) is 0 Å². The molecule has 0 saturated carbocycles. The monoisotopic (exact) mass is 381 g/mol. The van der Waals surface area contributed by atoms with Gasteiger partial charge in [0.05, 0.1) is 11.4 Å². The van der Waals surface area contributed by atoms with Crippen LogP contribution < -0.4 is 10.6 Å². The van der Waals surface area contributed by atoms with Crippen LogP contribution in [0.15, 0.2) is 18.2 Å². The lowest BCUT2D eigenvalue weighted by Gasteiger charge is -2.21. The first-order chi connectivity index (χ1) is 12.4. The van der Waals surface area contributed by atoms with Crippen LogP contribution in [-0.4, -0.2) is 35.7 Å². The van der Waals surface area contributed by atoms with E-state index in [1.165, 1.54) is 6.92 Å². The normalized spacial score (nSPS) is 10.3. The van der Waals surface area contributed by atoms with Crippen LogP contribution in [0.3, 0.4) is 0 Å². The van der Waals surface area contributed by atoms with Crippen LogP contribution in [0.1, 0.15) is 52.9 Å². The Hall–Kier alpha value is -2.08. The van der Waals surface area contributed by atoms with Gasteiger partial charge in [0.1, 0.15) is 0 Å². The number of halogens is 1. The van der Waals surface area contributed by atoms with Crippen LogP contribution in [0.2, 0.25) is 5.02 Å². The highest BCUT2D eigenvalue weighted by Crippen LogP contribution is 2.26. The molecule has 26 heavy (non-hydrogen) atoms. The number of hydrogen-bond donors (Lipinski definition) is 2. The molecule has 144 valence electrons. The SMILES string of the molecule is CCCN(CCC)C(=O)CCCC(=O)Nc1ccc(Cl)cc1NC(C)=O. The Morgan fingerprint density at radius 3 is 2.23 bits per heavy atom. The number of nitrogens with one attached hydrogen (secondary N) is 2. The summed E-state index contributed by atoms with van der Waals surface area (Å²) in [5.41, 5.74) is 0.936. The number of amides is 3. The van der Waals surface area contributed by atoms with Crippen molar-refractivity contribution in [3.05, 3.63) is 23.2 Å². The molecule has 0 spiro atoms. The molecule has 0 aliphatic heterocycles. The van der Waals surface area contributed by atoms with Gasteiger partial charge in [0.25, 0.3) is 0 Å². The molecule has 0 saturated heterocycles. The van der Waals surface area contributed by atoms with Gasteiger partial charge in [0.2, 0.25) is 17.7 Å². The highest BCUT2D eigenvalue weighted by atomic mass is 35.5. The summed E-state index contributed by atoms with van der Waals surface area (Å²) in [4.78, 5) is 37.5. The Balaban J connectivity index is 2.54. The average molecular weight is 382 g/mol. The molecule has 0 radical (unpaired) electrons. The molecule has 7 heteroatoms. The molecule has 6 nitrogen and oxygen atoms in total. The molecule has 1 rings (SSSR count). The van der Waals surface area contributed by atoms with E-state index in [-0.39, 0.29) is 24.1 Å². The minimum absolute atomic E-state index is 0.0897. The second-order valence-electron chi connectivity index (χ2n) is 6.15. The lowest BCUT2D eigenvalue weighted by Crippen LogP contribution is -2.32. The molecule has 0 aromatic heterocycles. The summed E-state index contributed by atoms with van der Waals surface area (Å²) >= 11 is 5.93. The largest absolute Gasteiger partial charge is 0.343 e. The first-order valence-electron chi connectivity index (χ1n) is 9.02. The second kappa shape index (κ2) is 11.5. The zero-order valence-electron chi connectivity index (χ0n) is 15.7. The number of benzene rings is 1. The molecule has 0 fully saturated rings. The van der Waals surface area contributed by atoms with E-state index in [0.717, 1.165) is 25.9 Å². The highest BCUT2D eigenvalue weighted by Gasteiger charge is 2.13. The van der Waals surface area contributed by atoms with Gasteiger partial charge in [-0.05, 0) is 37.5 Å². The minimum atomic E-state index is -0.250. The van der Waals surface area contributed by atoms with E-state index >= 15 is 0 Å². The van der Waals surface area contributed by atoms with Gasteiger partial charge < -0.3 is 15.5 Å². The molecule has 0 atom stereocenters. The molecule has 0 bridgehead atoms. The summed E-state index contributed by atoms with van der Waals surface area (Å²) in [6, 6.07) is 4.86. The molecule has 0 unspecified atom stereocenters. The summed E-state index contributed by atoms with van der Waals surface area (Å²) in [6.07, 6.45) is 2.92. The quantitative estimate of drug-likeness (QED) is 0.641. The molecule has 3 amide bonds. The molecular weight excluding hydrogens is 354 g/mol. The van der Waals surface area contributed by atoms with Gasteiger partial charge >= 0.3 is 0 Å². The van der Waals surface area contributed by atoms with Crippen LogP contribution in [0, 0.1) is 0 Å². The van der Waals surface area contributed by atoms with Crippen LogP contribution in [0.5, 0.6) is 0 Å². The van der Waals surface area contributed by atoms with Crippen molar-refractivity contribution in [2.45, 2.75) is 52.9 Å². The molecule has 1 aromatic rings. The third-order valence-corrected chi connectivity index (χ3v) is 3.94. The van der Waals surface area contributed by atoms with Gasteiger partial charge in [0, 0.05) is 37.9 Å². The Bertz CT molecular complexity index is 628. The zero-order chi connectivity index (χ0) is 19.5. The van der Waals surface area contributed by atoms with Crippen molar-refractivity contribution >= 4 is 40.7 Å². The summed E-state index contributed by atoms with van der Waals surface area (Å²) in [5.74, 6) is -0.364. The maximum atomic E-state index is 12.2. The van der Waals surface area contributed by atoms with Gasteiger partial charge in [-0.2, -0.15) is 0 Å². The highest BCUT2D eigenvalue weighted by molar-refractivity contribution is 6.31. The smallest absolute Gasteiger partial charge is 0.224 e. The summed E-state index contributed by atoms with van der Waals surface area (Å²) in [5, 5.41) is 5.86. The maximum absolute atomic E-state index is 12.2. The van der Waals surface area contributed by atoms with Gasteiger partial charge in [-0.1, -0.05) is 25.4 Å². The fraction of sp³-hybridized carbons (Fsp3) is 0.526. The van der Waals surface area contributed by atoms with Gasteiger partial charge in [-0.3, -0.25) is 14.4 Å². The van der Waals surface area contributed by atoms with Crippen molar-refractivity contribution in [3.8, 4) is 0 Å². The Labute approximate surface area is 160 Å². The van der Waals surface area contributed by atoms with Gasteiger partial charge in [-0.15, -0.1) is 0 Å². The summed E-state index contributed by atoms with van der Waals surface area (Å²) in [6.45, 7) is 6.98. The summed E-state index contributed by atoms with van der Waals surface area (Å²) in [7, 11) is 0. The number of rotatable bonds is 10. The van der Waals surface area contributed by atoms with Crippen molar-refractivity contribution in [2.24, 2.45) is 0 Å². The third-order valence-electron chi connectivity index (χ3n) is 3.70. The second-order valence-corrected chi connectivity index (χ2v) is 6.59. The number of anilines is 2. The van der Waals surface area contributed by atoms with E-state index in [9.17, 15) is 14.4 Å². The molecular formula is C19H28ClN3O3. The van der Waals surface area contributed by atoms with Crippen LogP contribution in [-0.2, 0) is 14.4 Å². The summed E-state index contributed by atoms with van der Waals surface area (Å²) < 4.78 is 0. The molecule has 2 N–H and O–H groups in total. The van der Waals surface area contributed by atoms with Crippen molar-refractivity contribution < 1.29 is 14.4 Å². The third kappa shape index (κ3) is 7.87. The predicted molar refractivity (Wildman–Crippen MR) is 105 cm³/mol. The lowest BCUT2D eigenvalue weighted by atomic mass is 10.2. The van der Waals surface area contributed by atoms with E-state index in [0.29, 0.717) is 29.2 Å². The maximum Gasteiger partial charge on any atom is 0.224 e. The van der Waals surface area contributed by atoms with Crippen LogP contribution in [0.4, 0.5) is 11.4 Å². The predicted octanol–water partition coefficient (Wildman–Crippen LogP) is 4.06. The van der Waals surface area contributed by atoms with E-state index in [2.05, 4.69) is 10.6 Å². The molecule has 0 aliphatic carbocycles. The first kappa shape index (κ1) is 22.0. The van der Waals surface area contributed by atoms with E-state index in [1.807, 2.05) is 18.7 Å². The van der Waals surface area contributed by atoms with Crippen molar-refractivity contribution in [1.29, 1.82) is 0 Å². The zero-order valence-corrected chi connectivity index (χ0v) is 16.5. The molecule has 0 heterocycles. The molecule has 1 aromatic carbocycles. The van der Waals surface area contributed by atoms with E-state index < -0.39 is 0 Å². The Kier molecular flexibility index (Phi) is 9.73. The van der Waals surface area contributed by atoms with E-state index in [4.69, 9.17) is 11.6 Å². The topological polar surface area (TPSA) is 78.5 Å². The first-order valence-corrected chi connectivity index (χ1v) is 9.39. The Morgan fingerprint density at radius 1 is 1.00 bits per heavy atom. The average Bonchev–Trinajstić information content (AvgIpc) is 2.56. The van der Waals surface area contributed by atoms with Crippen LogP contribution >= 0.6 is 11.6 Å². The Morgan fingerprint density at radius 2 is 1.65 bits per heavy atom. The van der Waals surface area contributed by atoms with Crippen LogP contribution in [0.25, 0.3) is 0 Å². The molecule has 0 aliphatic rings. The minimum Gasteiger partial charge on any atom is -0.343 e. The van der Waals surface area contributed by atoms with E-state index in [1.54, 1.807) is 18.2 Å². The fourth-order valence-electron chi connectivity index (χ4n) is 2.59. The van der Waals surface area contributed by atoms with Crippen molar-refractivity contribution in [1.82, 2.24) is 4.90 Å². The number of nitrogens with zero attached hydrogens (tertiary/aromatic N) is 1. The number of hydrogen-bond acceptors (Lipinski definition) is 3. The fourth-order valence-corrected chi connectivity index (χ4v) is 2.76. The lowest BCUT2D eigenvalue weighted by molar-refractivity contribution is -0.131. The van der Waals surface area contributed by atoms with Crippen molar-refractivity contribution in [2.75, 3.05) is 23.7 Å². The van der Waals surface area contributed by atoms with Gasteiger partial charge in [0.15, 0.2) is 0 Å². The number of carbonyl (C=O) groups is 3. The van der Waals surface area contributed by atoms with Crippen molar-refractivity contribution in [3.63, 3.8) is 0 Å². The standard InChI is InChI=1S/C19H28ClN3O3/c1-4-11-23(12-5-2)19(26)8-6-7-18(25)22-16-10-9-15(20)13-17(16)21-14(3)24/h9-10,13H,4-8,11-12H2,1-3H3,(H,21,24)(H,22,25). The number of carbonyl (C=O) groups excluding carboxylic acids is 3.